The molecule has 1 fully saturated rings. The first-order valence-corrected chi connectivity index (χ1v) is 10.3. The van der Waals surface area contributed by atoms with Crippen molar-refractivity contribution in [2.24, 2.45) is 0 Å². The normalized spacial score (nSPS) is 16.0. The van der Waals surface area contributed by atoms with E-state index in [2.05, 4.69) is 15.3 Å². The number of nitrogens with one attached hydrogen (secondary N) is 2. The predicted octanol–water partition coefficient (Wildman–Crippen LogP) is 4.20. The van der Waals surface area contributed by atoms with Gasteiger partial charge in [-0.3, -0.25) is 0 Å². The summed E-state index contributed by atoms with van der Waals surface area (Å²) in [7, 11) is 0. The number of carbonyl (C=O) groups is 1. The molecule has 182 valence electrons. The van der Waals surface area contributed by atoms with Crippen LogP contribution in [-0.4, -0.2) is 46.5 Å². The molecule has 0 saturated carbocycles. The van der Waals surface area contributed by atoms with E-state index in [4.69, 9.17) is 4.42 Å². The number of anilines is 2. The lowest BCUT2D eigenvalue weighted by molar-refractivity contribution is -0.158. The van der Waals surface area contributed by atoms with E-state index in [0.717, 1.165) is 6.07 Å². The van der Waals surface area contributed by atoms with E-state index in [1.54, 1.807) is 5.32 Å². The van der Waals surface area contributed by atoms with Crippen molar-refractivity contribution in [1.29, 1.82) is 0 Å². The monoisotopic (exact) mass is 485 g/mol. The number of amides is 2. The van der Waals surface area contributed by atoms with Crippen LogP contribution in [0, 0.1) is 18.6 Å². The summed E-state index contributed by atoms with van der Waals surface area (Å²) in [6.07, 6.45) is -1.79. The molecule has 1 aliphatic rings. The number of aliphatic hydroxyl groups excluding tert-OH is 1. The number of benzene rings is 1. The number of fused-ring (bicyclic) bond motifs is 1. The van der Waals surface area contributed by atoms with Crippen LogP contribution in [0.1, 0.15) is 30.2 Å². The molecule has 8 nitrogen and oxygen atoms in total. The molecule has 1 atom stereocenters. The number of aliphatic hydroxyl groups is 1. The Morgan fingerprint density at radius 1 is 1.21 bits per heavy atom. The first-order valence-electron chi connectivity index (χ1n) is 10.3. The minimum absolute atomic E-state index is 0.0358. The molecular weight excluding hydrogens is 465 g/mol. The Morgan fingerprint density at radius 2 is 1.85 bits per heavy atom. The van der Waals surface area contributed by atoms with Gasteiger partial charge in [0.15, 0.2) is 17.4 Å². The van der Waals surface area contributed by atoms with Crippen LogP contribution in [0.4, 0.5) is 38.4 Å². The van der Waals surface area contributed by atoms with Crippen molar-refractivity contribution in [3.63, 3.8) is 0 Å². The van der Waals surface area contributed by atoms with Gasteiger partial charge in [-0.2, -0.15) is 13.2 Å². The maximum atomic E-state index is 14.0. The number of furan rings is 1. The first-order chi connectivity index (χ1) is 16.0. The Morgan fingerprint density at radius 3 is 2.47 bits per heavy atom. The lowest BCUT2D eigenvalue weighted by Crippen LogP contribution is -2.40. The van der Waals surface area contributed by atoms with Gasteiger partial charge >= 0.3 is 12.2 Å². The highest BCUT2D eigenvalue weighted by Crippen LogP contribution is 2.39. The van der Waals surface area contributed by atoms with E-state index >= 15 is 0 Å². The number of piperidine rings is 1. The Labute approximate surface area is 189 Å². The van der Waals surface area contributed by atoms with Crippen LogP contribution in [0.15, 0.2) is 28.9 Å². The van der Waals surface area contributed by atoms with Gasteiger partial charge in [-0.25, -0.2) is 23.5 Å². The molecule has 2 amide bonds. The molecule has 3 heterocycles. The van der Waals surface area contributed by atoms with E-state index in [0.29, 0.717) is 37.9 Å². The third kappa shape index (κ3) is 4.88. The minimum Gasteiger partial charge on any atom is -0.455 e. The molecule has 0 radical (unpaired) electrons. The van der Waals surface area contributed by atoms with Crippen LogP contribution in [0.25, 0.3) is 11.0 Å². The topological polar surface area (TPSA) is 104 Å². The smallest absolute Gasteiger partial charge is 0.416 e. The van der Waals surface area contributed by atoms with Gasteiger partial charge in [0.2, 0.25) is 5.95 Å². The van der Waals surface area contributed by atoms with E-state index < -0.39 is 41.2 Å². The van der Waals surface area contributed by atoms with Crippen LogP contribution >= 0.6 is 0 Å². The van der Waals surface area contributed by atoms with Crippen molar-refractivity contribution in [3.8, 4) is 0 Å². The van der Waals surface area contributed by atoms with Gasteiger partial charge in [0.05, 0.1) is 24.2 Å². The number of alkyl halides is 3. The fourth-order valence-corrected chi connectivity index (χ4v) is 3.75. The van der Waals surface area contributed by atoms with Gasteiger partial charge in [-0.1, -0.05) is 0 Å². The number of hydrogen-bond donors (Lipinski definition) is 3. The summed E-state index contributed by atoms with van der Waals surface area (Å²) in [4.78, 5) is 22.4. The van der Waals surface area contributed by atoms with Gasteiger partial charge < -0.3 is 25.1 Å². The van der Waals surface area contributed by atoms with Crippen LogP contribution in [0.2, 0.25) is 0 Å². The summed E-state index contributed by atoms with van der Waals surface area (Å²) >= 11 is 0. The molecule has 34 heavy (non-hydrogen) atoms. The highest BCUT2D eigenvalue weighted by molar-refractivity contribution is 5.89. The maximum Gasteiger partial charge on any atom is 0.416 e. The van der Waals surface area contributed by atoms with Gasteiger partial charge in [0.1, 0.15) is 11.6 Å². The molecule has 3 aromatic rings. The second-order valence-electron chi connectivity index (χ2n) is 7.92. The molecular formula is C21H20F5N5O3. The number of carbonyl (C=O) groups excluding carboxylic acids is 1. The quantitative estimate of drug-likeness (QED) is 0.479. The predicted molar refractivity (Wildman–Crippen MR) is 111 cm³/mol. The van der Waals surface area contributed by atoms with Crippen molar-refractivity contribution < 1.29 is 36.3 Å². The largest absolute Gasteiger partial charge is 0.455 e. The number of rotatable bonds is 4. The average molecular weight is 485 g/mol. The summed E-state index contributed by atoms with van der Waals surface area (Å²) in [6.45, 7) is 2.30. The van der Waals surface area contributed by atoms with Crippen molar-refractivity contribution in [2.75, 3.05) is 23.3 Å². The van der Waals surface area contributed by atoms with Crippen LogP contribution in [-0.2, 0) is 0 Å². The summed E-state index contributed by atoms with van der Waals surface area (Å²) in [5.74, 6) is -2.53. The third-order valence-corrected chi connectivity index (χ3v) is 5.50. The molecule has 1 saturated heterocycles. The summed E-state index contributed by atoms with van der Waals surface area (Å²) in [5, 5.41) is 13.4. The van der Waals surface area contributed by atoms with Gasteiger partial charge in [0.25, 0.3) is 0 Å². The number of urea groups is 1. The van der Waals surface area contributed by atoms with E-state index in [1.165, 1.54) is 19.3 Å². The van der Waals surface area contributed by atoms with Crippen molar-refractivity contribution in [1.82, 2.24) is 15.3 Å². The molecule has 2 aromatic heterocycles. The van der Waals surface area contributed by atoms with Gasteiger partial charge in [-0.15, -0.1) is 0 Å². The molecule has 0 aliphatic carbocycles. The Balaban J connectivity index is 1.50. The van der Waals surface area contributed by atoms with E-state index in [-0.39, 0.29) is 22.7 Å². The Kier molecular flexibility index (Phi) is 6.30. The zero-order chi connectivity index (χ0) is 24.6. The number of aryl methyl sites for hydroxylation is 1. The van der Waals surface area contributed by atoms with Crippen molar-refractivity contribution in [2.45, 2.75) is 38.1 Å². The highest BCUT2D eigenvalue weighted by Gasteiger charge is 2.45. The fourth-order valence-electron chi connectivity index (χ4n) is 3.75. The molecule has 4 rings (SSSR count). The molecule has 3 N–H and O–H groups in total. The van der Waals surface area contributed by atoms with Gasteiger partial charge in [-0.05, 0) is 25.8 Å². The second-order valence-corrected chi connectivity index (χ2v) is 7.92. The number of hydrogen-bond acceptors (Lipinski definition) is 6. The maximum absolute atomic E-state index is 14.0. The van der Waals surface area contributed by atoms with Crippen LogP contribution < -0.4 is 15.5 Å². The lowest BCUT2D eigenvalue weighted by atomic mass is 10.1. The average Bonchev–Trinajstić information content (AvgIpc) is 3.09. The molecule has 0 bridgehead atoms. The van der Waals surface area contributed by atoms with E-state index in [1.807, 2.05) is 4.90 Å². The van der Waals surface area contributed by atoms with Crippen LogP contribution in [0.5, 0.6) is 0 Å². The zero-order valence-electron chi connectivity index (χ0n) is 17.8. The zero-order valence-corrected chi connectivity index (χ0v) is 17.8. The Bertz CT molecular complexity index is 1190. The molecule has 1 aromatic carbocycles. The van der Waals surface area contributed by atoms with Gasteiger partial charge in [0, 0.05) is 30.1 Å². The first kappa shape index (κ1) is 23.7. The van der Waals surface area contributed by atoms with Crippen molar-refractivity contribution >= 4 is 28.6 Å². The summed E-state index contributed by atoms with van der Waals surface area (Å²) in [6, 6.07) is -2.50. The number of nitrogens with zero attached hydrogens (tertiary/aromatic N) is 3. The molecule has 1 aliphatic heterocycles. The fraction of sp³-hybridized carbons (Fsp3) is 0.381. The second kappa shape index (κ2) is 9.05. The SMILES string of the molecule is Cc1c([C@@H](NC(=O)Nc2cnc(N3CCC(O)CC3)nc2)C(F)(F)F)oc2c(F)cc(F)cc12. The lowest BCUT2D eigenvalue weighted by Gasteiger charge is -2.29. The standard InChI is InChI=1S/C21H20F5N5O3/c1-10-14-6-11(22)7-15(23)17(14)34-16(10)18(21(24,25)26)30-20(33)29-12-8-27-19(28-9-12)31-4-2-13(32)3-5-31/h6-9,13,18,32H,2-5H2,1H3,(H2,29,30,33)/t18-/m1/s1. The minimum atomic E-state index is -5.00. The summed E-state index contributed by atoms with van der Waals surface area (Å²) in [5.41, 5.74) is -0.663. The van der Waals surface area contributed by atoms with Crippen molar-refractivity contribution in [3.05, 3.63) is 47.5 Å². The Hall–Kier alpha value is -3.48. The highest BCUT2D eigenvalue weighted by atomic mass is 19.4. The number of halogens is 5. The summed E-state index contributed by atoms with van der Waals surface area (Å²) < 4.78 is 73.9. The molecule has 0 spiro atoms. The van der Waals surface area contributed by atoms with E-state index in [9.17, 15) is 31.9 Å². The number of aromatic nitrogens is 2. The van der Waals surface area contributed by atoms with Crippen LogP contribution in [0.3, 0.4) is 0 Å². The molecule has 0 unspecified atom stereocenters. The molecule has 13 heteroatoms. The third-order valence-electron chi connectivity index (χ3n) is 5.50.